The van der Waals surface area contributed by atoms with Gasteiger partial charge >= 0.3 is 6.03 Å². The average molecular weight is 128 g/mol. The lowest BCUT2D eigenvalue weighted by Crippen LogP contribution is -2.26. The lowest BCUT2D eigenvalue weighted by atomic mass is 10.7. The van der Waals surface area contributed by atoms with Crippen molar-refractivity contribution < 1.29 is 9.63 Å². The van der Waals surface area contributed by atoms with Crippen molar-refractivity contribution >= 4 is 6.03 Å². The zero-order chi connectivity index (χ0) is 6.69. The van der Waals surface area contributed by atoms with Gasteiger partial charge in [-0.1, -0.05) is 6.58 Å². The molecule has 1 aliphatic heterocycles. The van der Waals surface area contributed by atoms with E-state index in [0.717, 1.165) is 0 Å². The van der Waals surface area contributed by atoms with E-state index in [4.69, 9.17) is 4.84 Å². The Bertz CT molecular complexity index is 135. The van der Waals surface area contributed by atoms with Crippen LogP contribution in [0.1, 0.15) is 0 Å². The summed E-state index contributed by atoms with van der Waals surface area (Å²) in [5.74, 6) is 0. The predicted octanol–water partition coefficient (Wildman–Crippen LogP) is 0.0867. The van der Waals surface area contributed by atoms with Gasteiger partial charge in [0.2, 0.25) is 0 Å². The molecule has 1 rings (SSSR count). The van der Waals surface area contributed by atoms with Crippen molar-refractivity contribution in [2.75, 3.05) is 13.1 Å². The number of rotatable bonds is 2. The fourth-order valence-electron chi connectivity index (χ4n) is 0.645. The van der Waals surface area contributed by atoms with Crippen molar-refractivity contribution in [3.8, 4) is 0 Å². The third kappa shape index (κ3) is 1.13. The molecule has 1 aliphatic rings. The van der Waals surface area contributed by atoms with Crippen molar-refractivity contribution in [2.24, 2.45) is 0 Å². The number of nitrogens with one attached hydrogen (secondary N) is 1. The van der Waals surface area contributed by atoms with E-state index in [2.05, 4.69) is 11.9 Å². The predicted molar refractivity (Wildman–Crippen MR) is 31.4 cm³/mol. The molecule has 1 heterocycles. The Balaban J connectivity index is 2.39. The van der Waals surface area contributed by atoms with Gasteiger partial charge in [-0.2, -0.15) is 5.06 Å². The van der Waals surface area contributed by atoms with Crippen LogP contribution >= 0.6 is 0 Å². The molecule has 50 valence electrons. The van der Waals surface area contributed by atoms with E-state index < -0.39 is 0 Å². The first-order valence-electron chi connectivity index (χ1n) is 2.67. The highest BCUT2D eigenvalue weighted by Gasteiger charge is 2.19. The van der Waals surface area contributed by atoms with Gasteiger partial charge in [-0.3, -0.25) is 0 Å². The van der Waals surface area contributed by atoms with E-state index >= 15 is 0 Å². The van der Waals surface area contributed by atoms with E-state index in [1.165, 1.54) is 11.3 Å². The molecule has 4 heteroatoms. The number of carbonyl (C=O) groups is 1. The number of hydrogen-bond donors (Lipinski definition) is 1. The monoisotopic (exact) mass is 128 g/mol. The van der Waals surface area contributed by atoms with E-state index in [0.29, 0.717) is 13.1 Å². The first-order valence-corrected chi connectivity index (χ1v) is 2.67. The molecule has 0 aromatic carbocycles. The van der Waals surface area contributed by atoms with E-state index in [-0.39, 0.29) is 6.03 Å². The van der Waals surface area contributed by atoms with Crippen LogP contribution in [0.4, 0.5) is 4.79 Å². The summed E-state index contributed by atoms with van der Waals surface area (Å²) < 4.78 is 0. The minimum atomic E-state index is -0.199. The number of urea groups is 1. The molecule has 0 bridgehead atoms. The molecule has 9 heavy (non-hydrogen) atoms. The minimum Gasteiger partial charge on any atom is -0.384 e. The summed E-state index contributed by atoms with van der Waals surface area (Å²) in [6, 6.07) is -0.199. The number of amides is 2. The van der Waals surface area contributed by atoms with Crippen LogP contribution in [0.25, 0.3) is 0 Å². The van der Waals surface area contributed by atoms with Crippen LogP contribution in [0.3, 0.4) is 0 Å². The van der Waals surface area contributed by atoms with Crippen molar-refractivity contribution in [3.63, 3.8) is 0 Å². The third-order valence-electron chi connectivity index (χ3n) is 1.02. The summed E-state index contributed by atoms with van der Waals surface area (Å²) in [4.78, 5) is 15.3. The summed E-state index contributed by atoms with van der Waals surface area (Å²) in [6.45, 7) is 4.55. The quantitative estimate of drug-likeness (QED) is 0.535. The molecule has 1 N–H and O–H groups in total. The molecule has 0 aliphatic carbocycles. The molecule has 2 amide bonds. The zero-order valence-corrected chi connectivity index (χ0v) is 4.96. The van der Waals surface area contributed by atoms with E-state index in [9.17, 15) is 4.79 Å². The van der Waals surface area contributed by atoms with Gasteiger partial charge in [0.1, 0.15) is 6.26 Å². The number of carbonyl (C=O) groups excluding carboxylic acids is 1. The molecule has 1 fully saturated rings. The lowest BCUT2D eigenvalue weighted by molar-refractivity contribution is -0.0391. The summed E-state index contributed by atoms with van der Waals surface area (Å²) in [5, 5.41) is 3.78. The summed E-state index contributed by atoms with van der Waals surface area (Å²) in [6.07, 6.45) is 1.23. The Morgan fingerprint density at radius 1 is 1.89 bits per heavy atom. The van der Waals surface area contributed by atoms with Crippen molar-refractivity contribution in [3.05, 3.63) is 12.8 Å². The molecule has 0 unspecified atom stereocenters. The number of nitrogens with zero attached hydrogens (tertiary/aromatic N) is 1. The summed E-state index contributed by atoms with van der Waals surface area (Å²) >= 11 is 0. The van der Waals surface area contributed by atoms with Crippen LogP contribution in [0.5, 0.6) is 0 Å². The maximum absolute atomic E-state index is 10.6. The molecular weight excluding hydrogens is 120 g/mol. The Morgan fingerprint density at radius 2 is 2.67 bits per heavy atom. The zero-order valence-electron chi connectivity index (χ0n) is 4.96. The Labute approximate surface area is 53.0 Å². The van der Waals surface area contributed by atoms with Crippen molar-refractivity contribution in [2.45, 2.75) is 0 Å². The third-order valence-corrected chi connectivity index (χ3v) is 1.02. The first-order chi connectivity index (χ1) is 4.34. The molecule has 0 radical (unpaired) electrons. The molecule has 0 atom stereocenters. The van der Waals surface area contributed by atoms with E-state index in [1.54, 1.807) is 0 Å². The lowest BCUT2D eigenvalue weighted by Gasteiger charge is -2.09. The highest BCUT2D eigenvalue weighted by Crippen LogP contribution is 1.96. The molecule has 0 aromatic rings. The van der Waals surface area contributed by atoms with Gasteiger partial charge in [-0.15, -0.1) is 0 Å². The summed E-state index contributed by atoms with van der Waals surface area (Å²) in [5.41, 5.74) is 0. The highest BCUT2D eigenvalue weighted by atomic mass is 16.7. The van der Waals surface area contributed by atoms with Crippen LogP contribution in [-0.2, 0) is 4.84 Å². The van der Waals surface area contributed by atoms with Crippen LogP contribution < -0.4 is 5.32 Å². The number of hydrogen-bond acceptors (Lipinski definition) is 2. The SMILES string of the molecule is C=CON1CCNC1=O. The second-order valence-corrected chi connectivity index (χ2v) is 1.61. The van der Waals surface area contributed by atoms with Crippen LogP contribution in [-0.4, -0.2) is 24.2 Å². The van der Waals surface area contributed by atoms with Gasteiger partial charge in [0.25, 0.3) is 0 Å². The minimum absolute atomic E-state index is 0.199. The average Bonchev–Trinajstić information content (AvgIpc) is 2.18. The second kappa shape index (κ2) is 2.39. The van der Waals surface area contributed by atoms with Gasteiger partial charge in [0.15, 0.2) is 0 Å². The Kier molecular flexibility index (Phi) is 1.58. The van der Waals surface area contributed by atoms with Gasteiger partial charge in [0, 0.05) is 6.54 Å². The molecule has 0 saturated carbocycles. The standard InChI is InChI=1S/C5H8N2O2/c1-2-9-7-4-3-6-5(7)8/h2H,1,3-4H2,(H,6,8). The fraction of sp³-hybridized carbons (Fsp3) is 0.400. The van der Waals surface area contributed by atoms with Gasteiger partial charge < -0.3 is 10.2 Å². The molecule has 1 saturated heterocycles. The molecule has 0 aromatic heterocycles. The van der Waals surface area contributed by atoms with Crippen LogP contribution in [0, 0.1) is 0 Å². The molecule has 0 spiro atoms. The van der Waals surface area contributed by atoms with Crippen molar-refractivity contribution in [1.29, 1.82) is 0 Å². The second-order valence-electron chi connectivity index (χ2n) is 1.61. The highest BCUT2D eigenvalue weighted by molar-refractivity contribution is 5.74. The summed E-state index contributed by atoms with van der Waals surface area (Å²) in [7, 11) is 0. The van der Waals surface area contributed by atoms with E-state index in [1.807, 2.05) is 0 Å². The molecular formula is C5H8N2O2. The van der Waals surface area contributed by atoms with Gasteiger partial charge in [-0.25, -0.2) is 4.79 Å². The van der Waals surface area contributed by atoms with Crippen molar-refractivity contribution in [1.82, 2.24) is 10.4 Å². The molecule has 4 nitrogen and oxygen atoms in total. The fourth-order valence-corrected chi connectivity index (χ4v) is 0.645. The maximum atomic E-state index is 10.6. The smallest absolute Gasteiger partial charge is 0.350 e. The number of hydroxylamine groups is 2. The van der Waals surface area contributed by atoms with Gasteiger partial charge in [0.05, 0.1) is 6.54 Å². The first kappa shape index (κ1) is 5.94. The van der Waals surface area contributed by atoms with Crippen LogP contribution in [0.2, 0.25) is 0 Å². The topological polar surface area (TPSA) is 41.6 Å². The van der Waals surface area contributed by atoms with Gasteiger partial charge in [-0.05, 0) is 0 Å². The maximum Gasteiger partial charge on any atom is 0.350 e. The Hall–Kier alpha value is -1.19. The largest absolute Gasteiger partial charge is 0.384 e. The van der Waals surface area contributed by atoms with Crippen LogP contribution in [0.15, 0.2) is 12.8 Å². The normalized spacial score (nSPS) is 17.3. The Morgan fingerprint density at radius 3 is 3.11 bits per heavy atom.